The van der Waals surface area contributed by atoms with E-state index in [9.17, 15) is 4.79 Å². The van der Waals surface area contributed by atoms with Crippen LogP contribution in [0, 0.1) is 0 Å². The van der Waals surface area contributed by atoms with E-state index in [0.717, 1.165) is 6.08 Å². The predicted molar refractivity (Wildman–Crippen MR) is 26.2 cm³/mol. The van der Waals surface area contributed by atoms with Gasteiger partial charge in [-0.25, -0.2) is 9.59 Å². The Hall–Kier alpha value is -1.32. The lowest BCUT2D eigenvalue weighted by Crippen LogP contribution is -1.82. The van der Waals surface area contributed by atoms with Crippen molar-refractivity contribution in [3.05, 3.63) is 12.7 Å². The largest absolute Gasteiger partial charge is 0.478 e. The summed E-state index contributed by atoms with van der Waals surface area (Å²) < 4.78 is 0. The van der Waals surface area contributed by atoms with Crippen molar-refractivity contribution in [1.82, 2.24) is 0 Å². The number of aliphatic carboxylic acids is 1. The van der Waals surface area contributed by atoms with Gasteiger partial charge in [0.25, 0.3) is 0 Å². The van der Waals surface area contributed by atoms with Crippen LogP contribution in [0.15, 0.2) is 12.7 Å². The molecule has 8 heavy (non-hydrogen) atoms. The van der Waals surface area contributed by atoms with Gasteiger partial charge < -0.3 is 10.2 Å². The molecule has 0 amide bonds. The lowest BCUT2D eigenvalue weighted by atomic mass is 10.7. The molecule has 1 radical (unpaired) electrons. The fourth-order valence-corrected chi connectivity index (χ4v) is 0. The summed E-state index contributed by atoms with van der Waals surface area (Å²) in [7, 11) is 0. The van der Waals surface area contributed by atoms with Crippen LogP contribution in [0.1, 0.15) is 0 Å². The highest BCUT2D eigenvalue weighted by Gasteiger charge is 1.73. The molecule has 0 bridgehead atoms. The van der Waals surface area contributed by atoms with Crippen LogP contribution in [0.4, 0.5) is 0 Å². The third-order valence-corrected chi connectivity index (χ3v) is 0.175. The van der Waals surface area contributed by atoms with E-state index in [1.54, 1.807) is 0 Å². The topological polar surface area (TPSA) is 74.6 Å². The summed E-state index contributed by atoms with van der Waals surface area (Å²) in [5, 5.41) is 14.4. The van der Waals surface area contributed by atoms with Gasteiger partial charge in [-0.2, -0.15) is 0 Å². The molecule has 45 valence electrons. The van der Waals surface area contributed by atoms with Crippen molar-refractivity contribution >= 4 is 12.4 Å². The second-order valence-corrected chi connectivity index (χ2v) is 0.634. The van der Waals surface area contributed by atoms with Gasteiger partial charge >= 0.3 is 12.4 Å². The molecule has 0 rings (SSSR count). The maximum atomic E-state index is 9.25. The Morgan fingerprint density at radius 3 is 1.88 bits per heavy atom. The van der Waals surface area contributed by atoms with E-state index in [2.05, 4.69) is 6.58 Å². The molecule has 0 heterocycles. The highest BCUT2D eigenvalue weighted by Crippen LogP contribution is 1.54. The summed E-state index contributed by atoms with van der Waals surface area (Å²) >= 11 is 0. The van der Waals surface area contributed by atoms with E-state index >= 15 is 0 Å². The van der Waals surface area contributed by atoms with Gasteiger partial charge in [0.2, 0.25) is 0 Å². The Morgan fingerprint density at radius 2 is 1.88 bits per heavy atom. The van der Waals surface area contributed by atoms with Gasteiger partial charge in [0, 0.05) is 6.08 Å². The molecular weight excluding hydrogens is 112 g/mol. The van der Waals surface area contributed by atoms with Gasteiger partial charge in [0.05, 0.1) is 0 Å². The second kappa shape index (κ2) is 9.19. The van der Waals surface area contributed by atoms with Crippen LogP contribution in [0.3, 0.4) is 0 Å². The van der Waals surface area contributed by atoms with Gasteiger partial charge in [-0.3, -0.25) is 0 Å². The first kappa shape index (κ1) is 9.84. The van der Waals surface area contributed by atoms with Crippen LogP contribution in [-0.4, -0.2) is 22.7 Å². The van der Waals surface area contributed by atoms with E-state index in [1.807, 2.05) is 0 Å². The summed E-state index contributed by atoms with van der Waals surface area (Å²) in [4.78, 5) is 17.5. The molecule has 0 aromatic heterocycles. The molecule has 0 aliphatic heterocycles. The summed E-state index contributed by atoms with van der Waals surface area (Å²) in [6.45, 7) is 3.46. The molecule has 0 unspecified atom stereocenters. The van der Waals surface area contributed by atoms with E-state index in [0.29, 0.717) is 6.47 Å². The minimum atomic E-state index is -0.981. The number of carboxylic acids is 1. The highest BCUT2D eigenvalue weighted by atomic mass is 16.4. The Labute approximate surface area is 46.1 Å². The van der Waals surface area contributed by atoms with Crippen molar-refractivity contribution < 1.29 is 19.8 Å². The summed E-state index contributed by atoms with van der Waals surface area (Å²) in [5.74, 6) is -0.981. The van der Waals surface area contributed by atoms with Crippen molar-refractivity contribution in [3.8, 4) is 0 Å². The lowest BCUT2D eigenvalue weighted by molar-refractivity contribution is -0.131. The Kier molecular flexibility index (Phi) is 11.3. The normalized spacial score (nSPS) is 5.50. The maximum Gasteiger partial charge on any atom is 0.414 e. The number of rotatable bonds is 1. The van der Waals surface area contributed by atoms with E-state index in [4.69, 9.17) is 15.0 Å². The minimum absolute atomic E-state index is 0.500. The number of aliphatic hydroxyl groups excluding tert-OH is 1. The third-order valence-electron chi connectivity index (χ3n) is 0.175. The first-order valence-electron chi connectivity index (χ1n) is 1.55. The standard InChI is InChI=1S/C3H4O2.CHO2/c1-2-3(4)5;2-1-3/h2H,1H2,(H,4,5);(H,2,3). The molecule has 4 nitrogen and oxygen atoms in total. The number of carboxylic acid groups (broad SMARTS) is 1. The number of hydrogen-bond acceptors (Lipinski definition) is 2. The smallest absolute Gasteiger partial charge is 0.414 e. The number of carbonyl (C=O) groups is 1. The van der Waals surface area contributed by atoms with Crippen LogP contribution in [0.2, 0.25) is 0 Å². The summed E-state index contributed by atoms with van der Waals surface area (Å²) in [5.41, 5.74) is 0. The maximum absolute atomic E-state index is 9.25. The quantitative estimate of drug-likeness (QED) is 0.469. The molecule has 0 fully saturated rings. The van der Waals surface area contributed by atoms with Crippen LogP contribution in [0.25, 0.3) is 0 Å². The monoisotopic (exact) mass is 117 g/mol. The zero-order chi connectivity index (χ0) is 6.99. The van der Waals surface area contributed by atoms with Crippen molar-refractivity contribution in [1.29, 1.82) is 0 Å². The molecular formula is C4H5O4. The van der Waals surface area contributed by atoms with Crippen LogP contribution in [-0.2, 0) is 9.59 Å². The van der Waals surface area contributed by atoms with Gasteiger partial charge in [0.15, 0.2) is 0 Å². The number of hydrogen-bond donors (Lipinski definition) is 2. The minimum Gasteiger partial charge on any atom is -0.478 e. The average Bonchev–Trinajstić information content (AvgIpc) is 1.69. The molecule has 0 aliphatic carbocycles. The summed E-state index contributed by atoms with van der Waals surface area (Å²) in [6, 6.07) is 0. The Morgan fingerprint density at radius 1 is 1.75 bits per heavy atom. The average molecular weight is 117 g/mol. The van der Waals surface area contributed by atoms with Gasteiger partial charge in [-0.15, -0.1) is 0 Å². The van der Waals surface area contributed by atoms with Crippen LogP contribution >= 0.6 is 0 Å². The van der Waals surface area contributed by atoms with Gasteiger partial charge in [-0.05, 0) is 0 Å². The van der Waals surface area contributed by atoms with Gasteiger partial charge in [-0.1, -0.05) is 6.58 Å². The second-order valence-electron chi connectivity index (χ2n) is 0.634. The molecule has 0 saturated carbocycles. The fourth-order valence-electron chi connectivity index (χ4n) is 0. The Balaban J connectivity index is 0. The van der Waals surface area contributed by atoms with Crippen LogP contribution in [0.5, 0.6) is 0 Å². The molecule has 2 N–H and O–H groups in total. The van der Waals surface area contributed by atoms with Crippen molar-refractivity contribution in [2.45, 2.75) is 0 Å². The molecule has 0 atom stereocenters. The molecule has 0 aromatic rings. The SMILES string of the molecule is C=CC(=O)O.O=[C]O. The Bertz CT molecular complexity index is 86.0. The fraction of sp³-hybridized carbons (Fsp3) is 0. The van der Waals surface area contributed by atoms with E-state index < -0.39 is 5.97 Å². The molecule has 0 aliphatic rings. The zero-order valence-corrected chi connectivity index (χ0v) is 4.00. The first-order valence-corrected chi connectivity index (χ1v) is 1.55. The zero-order valence-electron chi connectivity index (χ0n) is 4.00. The first-order chi connectivity index (χ1) is 3.68. The third kappa shape index (κ3) is 137. The molecule has 0 saturated heterocycles. The molecule has 4 heteroatoms. The van der Waals surface area contributed by atoms with Crippen LogP contribution < -0.4 is 0 Å². The van der Waals surface area contributed by atoms with Crippen molar-refractivity contribution in [2.75, 3.05) is 0 Å². The molecule has 0 aromatic carbocycles. The van der Waals surface area contributed by atoms with E-state index in [-0.39, 0.29) is 0 Å². The van der Waals surface area contributed by atoms with Gasteiger partial charge in [0.1, 0.15) is 0 Å². The van der Waals surface area contributed by atoms with Crippen molar-refractivity contribution in [2.24, 2.45) is 0 Å². The predicted octanol–water partition coefficient (Wildman–Crippen LogP) is -0.131. The highest BCUT2D eigenvalue weighted by molar-refractivity contribution is 5.78. The molecule has 0 spiro atoms. The lowest BCUT2D eigenvalue weighted by Gasteiger charge is -1.64. The summed E-state index contributed by atoms with van der Waals surface area (Å²) in [6.07, 6.45) is 0.833. The van der Waals surface area contributed by atoms with E-state index in [1.165, 1.54) is 0 Å². The van der Waals surface area contributed by atoms with Crippen molar-refractivity contribution in [3.63, 3.8) is 0 Å².